The van der Waals surface area contributed by atoms with Gasteiger partial charge < -0.3 is 15.1 Å². The van der Waals surface area contributed by atoms with E-state index in [1.807, 2.05) is 24.3 Å². The van der Waals surface area contributed by atoms with E-state index >= 15 is 0 Å². The molecule has 0 atom stereocenters. The van der Waals surface area contributed by atoms with E-state index in [0.717, 1.165) is 11.8 Å². The first-order chi connectivity index (χ1) is 13.8. The SMILES string of the molecule is C=CCC(F)(F)C(O)(O)C1CCC2(CC1)CCN(c1ccc(C(C)(C)C)cc1)C2=O. The van der Waals surface area contributed by atoms with Crippen LogP contribution in [0.2, 0.25) is 0 Å². The Labute approximate surface area is 177 Å². The Hall–Kier alpha value is -1.79. The second kappa shape index (κ2) is 7.72. The van der Waals surface area contributed by atoms with E-state index in [-0.39, 0.29) is 24.2 Å². The average molecular weight is 422 g/mol. The Bertz CT molecular complexity index is 788. The lowest BCUT2D eigenvalue weighted by molar-refractivity contribution is -0.325. The van der Waals surface area contributed by atoms with Crippen LogP contribution in [0.15, 0.2) is 36.9 Å². The van der Waals surface area contributed by atoms with Gasteiger partial charge in [0.15, 0.2) is 0 Å². The molecule has 1 amide bonds. The molecule has 0 aromatic heterocycles. The van der Waals surface area contributed by atoms with Crippen LogP contribution >= 0.6 is 0 Å². The van der Waals surface area contributed by atoms with Crippen LogP contribution < -0.4 is 4.90 Å². The molecule has 4 nitrogen and oxygen atoms in total. The topological polar surface area (TPSA) is 60.8 Å². The van der Waals surface area contributed by atoms with Gasteiger partial charge in [-0.15, -0.1) is 6.58 Å². The first kappa shape index (κ1) is 22.9. The largest absolute Gasteiger partial charge is 0.361 e. The van der Waals surface area contributed by atoms with Crippen molar-refractivity contribution in [1.82, 2.24) is 0 Å². The second-order valence-corrected chi connectivity index (χ2v) is 9.98. The summed E-state index contributed by atoms with van der Waals surface area (Å²) in [7, 11) is 0. The maximum atomic E-state index is 14.2. The normalized spacial score (nSPS) is 25.8. The van der Waals surface area contributed by atoms with E-state index < -0.39 is 29.5 Å². The van der Waals surface area contributed by atoms with Crippen molar-refractivity contribution in [2.45, 2.75) is 76.4 Å². The van der Waals surface area contributed by atoms with Crippen molar-refractivity contribution in [2.75, 3.05) is 11.4 Å². The Balaban J connectivity index is 1.70. The third kappa shape index (κ3) is 3.92. The highest BCUT2D eigenvalue weighted by Crippen LogP contribution is 2.51. The predicted octanol–water partition coefficient (Wildman–Crippen LogP) is 4.79. The van der Waals surface area contributed by atoms with Gasteiger partial charge in [0, 0.05) is 24.6 Å². The smallest absolute Gasteiger partial charge is 0.304 e. The molecular formula is C24H33F2NO3. The lowest BCUT2D eigenvalue weighted by atomic mass is 9.66. The molecule has 1 aliphatic carbocycles. The summed E-state index contributed by atoms with van der Waals surface area (Å²) in [5, 5.41) is 20.4. The van der Waals surface area contributed by atoms with Gasteiger partial charge in [0.1, 0.15) is 0 Å². The number of amides is 1. The first-order valence-electron chi connectivity index (χ1n) is 10.7. The summed E-state index contributed by atoms with van der Waals surface area (Å²) in [5.41, 5.74) is 1.48. The zero-order valence-corrected chi connectivity index (χ0v) is 18.1. The highest BCUT2D eigenvalue weighted by Gasteiger charge is 2.58. The summed E-state index contributed by atoms with van der Waals surface area (Å²) in [5.74, 6) is -7.70. The lowest BCUT2D eigenvalue weighted by Crippen LogP contribution is -2.55. The molecule has 6 heteroatoms. The number of rotatable bonds is 5. The van der Waals surface area contributed by atoms with Gasteiger partial charge in [0.25, 0.3) is 0 Å². The van der Waals surface area contributed by atoms with Crippen molar-refractivity contribution in [3.8, 4) is 0 Å². The molecule has 0 bridgehead atoms. The van der Waals surface area contributed by atoms with Crippen molar-refractivity contribution < 1.29 is 23.8 Å². The molecule has 1 heterocycles. The molecule has 0 radical (unpaired) electrons. The van der Waals surface area contributed by atoms with Gasteiger partial charge in [-0.05, 0) is 55.2 Å². The molecule has 0 unspecified atom stereocenters. The fourth-order valence-corrected chi connectivity index (χ4v) is 4.88. The predicted molar refractivity (Wildman–Crippen MR) is 113 cm³/mol. The molecular weight excluding hydrogens is 388 g/mol. The van der Waals surface area contributed by atoms with E-state index in [4.69, 9.17) is 0 Å². The Morgan fingerprint density at radius 3 is 2.20 bits per heavy atom. The van der Waals surface area contributed by atoms with Crippen molar-refractivity contribution in [3.05, 3.63) is 42.5 Å². The summed E-state index contributed by atoms with van der Waals surface area (Å²) in [4.78, 5) is 15.0. The second-order valence-electron chi connectivity index (χ2n) is 9.98. The number of hydrogen-bond acceptors (Lipinski definition) is 3. The average Bonchev–Trinajstić information content (AvgIpc) is 2.97. The van der Waals surface area contributed by atoms with Crippen molar-refractivity contribution in [2.24, 2.45) is 11.3 Å². The number of nitrogens with zero attached hydrogens (tertiary/aromatic N) is 1. The molecule has 2 aliphatic rings. The number of carbonyl (C=O) groups is 1. The summed E-state index contributed by atoms with van der Waals surface area (Å²) in [6.07, 6.45) is 2.00. The molecule has 1 aromatic carbocycles. The minimum atomic E-state index is -3.66. The number of anilines is 1. The summed E-state index contributed by atoms with van der Waals surface area (Å²) in [6.45, 7) is 10.3. The van der Waals surface area contributed by atoms with E-state index in [0.29, 0.717) is 25.8 Å². The fraction of sp³-hybridized carbons (Fsp3) is 0.625. The van der Waals surface area contributed by atoms with Crippen LogP contribution in [-0.2, 0) is 10.2 Å². The van der Waals surface area contributed by atoms with E-state index in [2.05, 4.69) is 27.4 Å². The molecule has 2 N–H and O–H groups in total. The van der Waals surface area contributed by atoms with Gasteiger partial charge in [-0.2, -0.15) is 0 Å². The maximum Gasteiger partial charge on any atom is 0.304 e. The molecule has 166 valence electrons. The minimum absolute atomic E-state index is 0.0174. The molecule has 1 saturated heterocycles. The van der Waals surface area contributed by atoms with Crippen LogP contribution in [0.5, 0.6) is 0 Å². The molecule has 1 aromatic rings. The molecule has 1 aliphatic heterocycles. The number of benzene rings is 1. The van der Waals surface area contributed by atoms with Crippen LogP contribution in [0.3, 0.4) is 0 Å². The zero-order valence-electron chi connectivity index (χ0n) is 18.1. The van der Waals surface area contributed by atoms with Gasteiger partial charge in [0.05, 0.1) is 5.41 Å². The standard InChI is InChI=1S/C24H33F2NO3/c1-5-12-23(25,26)24(29,30)18-10-13-22(14-11-18)15-16-27(20(22)28)19-8-6-17(7-9-19)21(2,3)4/h5-9,18,29-30H,1,10-16H2,2-4H3. The summed E-state index contributed by atoms with van der Waals surface area (Å²) in [6, 6.07) is 8.01. The monoisotopic (exact) mass is 421 g/mol. The third-order valence-corrected chi connectivity index (χ3v) is 7.01. The Morgan fingerprint density at radius 2 is 1.70 bits per heavy atom. The Morgan fingerprint density at radius 1 is 1.13 bits per heavy atom. The maximum absolute atomic E-state index is 14.2. The lowest BCUT2D eigenvalue weighted by Gasteiger charge is -2.43. The molecule has 3 rings (SSSR count). The molecule has 1 saturated carbocycles. The van der Waals surface area contributed by atoms with Crippen molar-refractivity contribution in [1.29, 1.82) is 0 Å². The fourth-order valence-electron chi connectivity index (χ4n) is 4.88. The van der Waals surface area contributed by atoms with Gasteiger partial charge in [-0.25, -0.2) is 8.78 Å². The highest BCUT2D eigenvalue weighted by molar-refractivity contribution is 6.00. The number of allylic oxidation sites excluding steroid dienone is 1. The van der Waals surface area contributed by atoms with E-state index in [1.54, 1.807) is 4.90 Å². The number of hydrogen-bond donors (Lipinski definition) is 2. The van der Waals surface area contributed by atoms with Crippen LogP contribution in [0.25, 0.3) is 0 Å². The number of aliphatic hydroxyl groups is 2. The molecule has 1 spiro atoms. The van der Waals surface area contributed by atoms with Gasteiger partial charge in [-0.1, -0.05) is 39.0 Å². The van der Waals surface area contributed by atoms with Crippen LogP contribution in [-0.4, -0.2) is 34.4 Å². The van der Waals surface area contributed by atoms with Gasteiger partial charge in [-0.3, -0.25) is 4.79 Å². The minimum Gasteiger partial charge on any atom is -0.361 e. The van der Waals surface area contributed by atoms with Gasteiger partial charge in [0.2, 0.25) is 11.7 Å². The quantitative estimate of drug-likeness (QED) is 0.531. The summed E-state index contributed by atoms with van der Waals surface area (Å²) >= 11 is 0. The Kier molecular flexibility index (Phi) is 5.89. The van der Waals surface area contributed by atoms with Crippen LogP contribution in [0.1, 0.15) is 64.9 Å². The highest BCUT2D eigenvalue weighted by atomic mass is 19.3. The van der Waals surface area contributed by atoms with E-state index in [9.17, 15) is 23.8 Å². The van der Waals surface area contributed by atoms with Crippen molar-refractivity contribution in [3.63, 3.8) is 0 Å². The number of halogens is 2. The van der Waals surface area contributed by atoms with E-state index in [1.165, 1.54) is 5.56 Å². The van der Waals surface area contributed by atoms with Gasteiger partial charge >= 0.3 is 5.92 Å². The van der Waals surface area contributed by atoms with Crippen molar-refractivity contribution >= 4 is 11.6 Å². The molecule has 2 fully saturated rings. The zero-order chi connectivity index (χ0) is 22.4. The van der Waals surface area contributed by atoms with Crippen LogP contribution in [0, 0.1) is 11.3 Å². The van der Waals surface area contributed by atoms with Crippen LogP contribution in [0.4, 0.5) is 14.5 Å². The first-order valence-corrected chi connectivity index (χ1v) is 10.7. The third-order valence-electron chi connectivity index (χ3n) is 7.01. The number of alkyl halides is 2. The number of carbonyl (C=O) groups excluding carboxylic acids is 1. The molecule has 30 heavy (non-hydrogen) atoms. The summed E-state index contributed by atoms with van der Waals surface area (Å²) < 4.78 is 28.4.